The van der Waals surface area contributed by atoms with Gasteiger partial charge in [0.25, 0.3) is 0 Å². The lowest BCUT2D eigenvalue weighted by atomic mass is 10.0. The van der Waals surface area contributed by atoms with Crippen LogP contribution in [0.3, 0.4) is 0 Å². The number of ether oxygens (including phenoxy) is 1. The third-order valence-corrected chi connectivity index (χ3v) is 3.21. The van der Waals surface area contributed by atoms with Crippen molar-refractivity contribution in [1.82, 2.24) is 5.32 Å². The third-order valence-electron chi connectivity index (χ3n) is 3.21. The summed E-state index contributed by atoms with van der Waals surface area (Å²) < 4.78 is 5.17. The number of nitrogens with one attached hydrogen (secondary N) is 1. The molecule has 0 radical (unpaired) electrons. The highest BCUT2D eigenvalue weighted by Crippen LogP contribution is 2.13. The molecule has 1 unspecified atom stereocenters. The van der Waals surface area contributed by atoms with Crippen LogP contribution in [0.5, 0.6) is 0 Å². The van der Waals surface area contributed by atoms with Gasteiger partial charge in [-0.25, -0.2) is 0 Å². The van der Waals surface area contributed by atoms with Crippen LogP contribution in [0.15, 0.2) is 24.3 Å². The molecule has 1 amide bonds. The number of amides is 1. The second-order valence-corrected chi connectivity index (χ2v) is 4.62. The molecule has 1 aromatic carbocycles. The van der Waals surface area contributed by atoms with E-state index in [0.717, 1.165) is 17.5 Å². The van der Waals surface area contributed by atoms with E-state index in [1.165, 1.54) is 0 Å². The molecule has 1 saturated heterocycles. The monoisotopic (exact) mass is 263 g/mol. The summed E-state index contributed by atoms with van der Waals surface area (Å²) in [4.78, 5) is 22.6. The fourth-order valence-corrected chi connectivity index (χ4v) is 2.13. The lowest BCUT2D eigenvalue weighted by Crippen LogP contribution is -2.30. The molecular formula is C14H17NO4. The maximum absolute atomic E-state index is 11.8. The molecule has 1 atom stereocenters. The van der Waals surface area contributed by atoms with Crippen molar-refractivity contribution in [3.05, 3.63) is 35.4 Å². The van der Waals surface area contributed by atoms with Gasteiger partial charge in [0, 0.05) is 13.2 Å². The second kappa shape index (κ2) is 6.33. The quantitative estimate of drug-likeness (QED) is 0.830. The molecule has 5 nitrogen and oxygen atoms in total. The molecule has 0 aliphatic carbocycles. The molecule has 0 saturated carbocycles. The van der Waals surface area contributed by atoms with Crippen LogP contribution in [0, 0.1) is 5.92 Å². The summed E-state index contributed by atoms with van der Waals surface area (Å²) in [7, 11) is 0. The lowest BCUT2D eigenvalue weighted by molar-refractivity contribution is -0.136. The van der Waals surface area contributed by atoms with Gasteiger partial charge in [0.1, 0.15) is 0 Å². The van der Waals surface area contributed by atoms with Crippen molar-refractivity contribution in [2.75, 3.05) is 13.2 Å². The van der Waals surface area contributed by atoms with Crippen molar-refractivity contribution in [1.29, 1.82) is 0 Å². The summed E-state index contributed by atoms with van der Waals surface area (Å²) in [5.41, 5.74) is 1.58. The average Bonchev–Trinajstić information content (AvgIpc) is 2.90. The highest BCUT2D eigenvalue weighted by Gasteiger charge is 2.23. The molecular weight excluding hydrogens is 246 g/mol. The van der Waals surface area contributed by atoms with Crippen molar-refractivity contribution in [2.45, 2.75) is 19.4 Å². The first-order valence-electron chi connectivity index (χ1n) is 6.31. The zero-order chi connectivity index (χ0) is 13.7. The van der Waals surface area contributed by atoms with Crippen molar-refractivity contribution in [3.8, 4) is 0 Å². The van der Waals surface area contributed by atoms with E-state index in [4.69, 9.17) is 9.84 Å². The van der Waals surface area contributed by atoms with Gasteiger partial charge in [-0.05, 0) is 17.5 Å². The smallest absolute Gasteiger partial charge is 0.307 e. The highest BCUT2D eigenvalue weighted by atomic mass is 16.5. The Labute approximate surface area is 111 Å². The molecule has 2 N–H and O–H groups in total. The van der Waals surface area contributed by atoms with Crippen molar-refractivity contribution >= 4 is 11.9 Å². The van der Waals surface area contributed by atoms with Crippen LogP contribution >= 0.6 is 0 Å². The van der Waals surface area contributed by atoms with Gasteiger partial charge in [-0.1, -0.05) is 24.3 Å². The van der Waals surface area contributed by atoms with Gasteiger partial charge < -0.3 is 15.2 Å². The topological polar surface area (TPSA) is 75.6 Å². The fourth-order valence-electron chi connectivity index (χ4n) is 2.13. The average molecular weight is 263 g/mol. The second-order valence-electron chi connectivity index (χ2n) is 4.62. The molecule has 0 spiro atoms. The number of carbonyl (C=O) groups is 2. The van der Waals surface area contributed by atoms with E-state index < -0.39 is 5.97 Å². The Morgan fingerprint density at radius 1 is 1.32 bits per heavy atom. The minimum atomic E-state index is -0.872. The van der Waals surface area contributed by atoms with Gasteiger partial charge in [-0.3, -0.25) is 9.59 Å². The summed E-state index contributed by atoms with van der Waals surface area (Å²) in [6.07, 6.45) is 0.723. The lowest BCUT2D eigenvalue weighted by Gasteiger charge is -2.11. The van der Waals surface area contributed by atoms with E-state index in [-0.39, 0.29) is 18.2 Å². The van der Waals surface area contributed by atoms with Crippen LogP contribution in [0.1, 0.15) is 17.5 Å². The predicted octanol–water partition coefficient (Wildman–Crippen LogP) is 0.966. The summed E-state index contributed by atoms with van der Waals surface area (Å²) in [5, 5.41) is 11.7. The number of carboxylic acids is 1. The number of rotatable bonds is 5. The first-order valence-corrected chi connectivity index (χ1v) is 6.31. The molecule has 1 aliphatic heterocycles. The Bertz CT molecular complexity index is 466. The minimum Gasteiger partial charge on any atom is -0.481 e. The van der Waals surface area contributed by atoms with Gasteiger partial charge in [-0.2, -0.15) is 0 Å². The number of carbonyl (C=O) groups excluding carboxylic acids is 1. The molecule has 2 rings (SSSR count). The molecule has 102 valence electrons. The van der Waals surface area contributed by atoms with Gasteiger partial charge in [-0.15, -0.1) is 0 Å². The zero-order valence-corrected chi connectivity index (χ0v) is 10.6. The first kappa shape index (κ1) is 13.5. The maximum Gasteiger partial charge on any atom is 0.307 e. The summed E-state index contributed by atoms with van der Waals surface area (Å²) in [6, 6.07) is 7.25. The summed E-state index contributed by atoms with van der Waals surface area (Å²) in [5.74, 6) is -0.975. The number of carboxylic acid groups (broad SMARTS) is 1. The Hall–Kier alpha value is -1.88. The first-order chi connectivity index (χ1) is 9.16. The largest absolute Gasteiger partial charge is 0.481 e. The predicted molar refractivity (Wildman–Crippen MR) is 68.6 cm³/mol. The van der Waals surface area contributed by atoms with Gasteiger partial charge in [0.05, 0.1) is 18.9 Å². The molecule has 1 heterocycles. The van der Waals surface area contributed by atoms with Crippen LogP contribution in [-0.2, 0) is 27.3 Å². The Kier molecular flexibility index (Phi) is 4.52. The summed E-state index contributed by atoms with van der Waals surface area (Å²) >= 11 is 0. The molecule has 1 aromatic rings. The molecule has 0 aromatic heterocycles. The van der Waals surface area contributed by atoms with Crippen LogP contribution < -0.4 is 5.32 Å². The standard InChI is InChI=1S/C14H17NO4/c16-13(17)7-10-3-1-2-4-11(10)8-15-14(18)12-5-6-19-9-12/h1-4,12H,5-9H2,(H,15,18)(H,16,17). The Balaban J connectivity index is 1.94. The maximum atomic E-state index is 11.8. The van der Waals surface area contributed by atoms with Gasteiger partial charge in [0.2, 0.25) is 5.91 Å². The summed E-state index contributed by atoms with van der Waals surface area (Å²) in [6.45, 7) is 1.47. The van der Waals surface area contributed by atoms with E-state index in [1.807, 2.05) is 12.1 Å². The van der Waals surface area contributed by atoms with E-state index in [9.17, 15) is 9.59 Å². The number of hydrogen-bond acceptors (Lipinski definition) is 3. The highest BCUT2D eigenvalue weighted by molar-refractivity contribution is 5.79. The van der Waals surface area contributed by atoms with E-state index >= 15 is 0 Å². The van der Waals surface area contributed by atoms with Gasteiger partial charge >= 0.3 is 5.97 Å². The molecule has 5 heteroatoms. The van der Waals surface area contributed by atoms with Crippen molar-refractivity contribution < 1.29 is 19.4 Å². The Morgan fingerprint density at radius 3 is 2.68 bits per heavy atom. The number of aliphatic carboxylic acids is 1. The van der Waals surface area contributed by atoms with Crippen LogP contribution in [-0.4, -0.2) is 30.2 Å². The number of hydrogen-bond donors (Lipinski definition) is 2. The molecule has 1 fully saturated rings. The van der Waals surface area contributed by atoms with Crippen LogP contribution in [0.4, 0.5) is 0 Å². The molecule has 1 aliphatic rings. The minimum absolute atomic E-state index is 0.0253. The van der Waals surface area contributed by atoms with Gasteiger partial charge in [0.15, 0.2) is 0 Å². The molecule has 0 bridgehead atoms. The molecule has 19 heavy (non-hydrogen) atoms. The number of benzene rings is 1. The van der Waals surface area contributed by atoms with Crippen LogP contribution in [0.25, 0.3) is 0 Å². The van der Waals surface area contributed by atoms with E-state index in [2.05, 4.69) is 5.32 Å². The third kappa shape index (κ3) is 3.79. The SMILES string of the molecule is O=C(O)Cc1ccccc1CNC(=O)C1CCOC1. The normalized spacial score (nSPS) is 18.2. The van der Waals surface area contributed by atoms with E-state index in [1.54, 1.807) is 12.1 Å². The van der Waals surface area contributed by atoms with Crippen LogP contribution in [0.2, 0.25) is 0 Å². The Morgan fingerprint density at radius 2 is 2.05 bits per heavy atom. The zero-order valence-electron chi connectivity index (χ0n) is 10.6. The van der Waals surface area contributed by atoms with Crippen molar-refractivity contribution in [2.24, 2.45) is 5.92 Å². The fraction of sp³-hybridized carbons (Fsp3) is 0.429. The van der Waals surface area contributed by atoms with Crippen molar-refractivity contribution in [3.63, 3.8) is 0 Å². The van der Waals surface area contributed by atoms with E-state index in [0.29, 0.717) is 19.8 Å².